The van der Waals surface area contributed by atoms with Gasteiger partial charge in [0.25, 0.3) is 0 Å². The van der Waals surface area contributed by atoms with Crippen LogP contribution in [-0.2, 0) is 6.42 Å². The summed E-state index contributed by atoms with van der Waals surface area (Å²) >= 11 is 1.61. The van der Waals surface area contributed by atoms with E-state index in [9.17, 15) is 10.2 Å². The third kappa shape index (κ3) is 5.80. The van der Waals surface area contributed by atoms with Gasteiger partial charge in [-0.25, -0.2) is 9.97 Å². The number of anilines is 2. The van der Waals surface area contributed by atoms with Crippen molar-refractivity contribution in [3.05, 3.63) is 59.5 Å². The zero-order valence-corrected chi connectivity index (χ0v) is 23.2. The van der Waals surface area contributed by atoms with Gasteiger partial charge in [-0.2, -0.15) is 4.98 Å². The molecule has 3 heterocycles. The molecule has 1 aromatic carbocycles. The van der Waals surface area contributed by atoms with E-state index in [1.807, 2.05) is 58.2 Å². The molecule has 1 fully saturated rings. The van der Waals surface area contributed by atoms with Crippen molar-refractivity contribution in [1.82, 2.24) is 19.9 Å². The van der Waals surface area contributed by atoms with Gasteiger partial charge in [-0.3, -0.25) is 4.98 Å². The lowest BCUT2D eigenvalue weighted by atomic mass is 9.89. The molecule has 0 bridgehead atoms. The van der Waals surface area contributed by atoms with E-state index in [-0.39, 0.29) is 24.6 Å². The molecule has 1 aliphatic rings. The molecule has 9 heteroatoms. The van der Waals surface area contributed by atoms with Gasteiger partial charge in [0.05, 0.1) is 39.9 Å². The highest BCUT2D eigenvalue weighted by atomic mass is 32.1. The highest BCUT2D eigenvalue weighted by Gasteiger charge is 2.35. The lowest BCUT2D eigenvalue weighted by Gasteiger charge is -2.26. The summed E-state index contributed by atoms with van der Waals surface area (Å²) in [5.74, 6) is 1.42. The van der Waals surface area contributed by atoms with Crippen LogP contribution in [0.2, 0.25) is 0 Å². The highest BCUT2D eigenvalue weighted by Crippen LogP contribution is 2.40. The standard InChI is InChI=1S/C29H36N6O2S/c1-17-24(27-34-25-18(2)30-13-12-23(25)38-27)26(32-21-11-10-20(15-21)29(3,4)37)35-28(31-17)33-22(16-36)14-19-8-6-5-7-9-19/h5-9,12-13,20-22,36-37H,10-11,14-16H2,1-4H3,(H2,31,32,33,35)/t20-,21+,22-/m1/s1. The fourth-order valence-electron chi connectivity index (χ4n) is 5.28. The van der Waals surface area contributed by atoms with E-state index in [2.05, 4.69) is 27.8 Å². The number of hydrogen-bond acceptors (Lipinski definition) is 9. The monoisotopic (exact) mass is 532 g/mol. The van der Waals surface area contributed by atoms with Crippen LogP contribution in [0, 0.1) is 19.8 Å². The molecule has 4 N–H and O–H groups in total. The van der Waals surface area contributed by atoms with Crippen molar-refractivity contribution in [2.24, 2.45) is 5.92 Å². The Morgan fingerprint density at radius 1 is 1.05 bits per heavy atom. The Kier molecular flexibility index (Phi) is 7.61. The minimum atomic E-state index is -0.711. The molecule has 5 rings (SSSR count). The first kappa shape index (κ1) is 26.5. The van der Waals surface area contributed by atoms with Gasteiger partial charge < -0.3 is 20.8 Å². The molecule has 0 aliphatic heterocycles. The predicted octanol–water partition coefficient (Wildman–Crippen LogP) is 5.13. The van der Waals surface area contributed by atoms with E-state index in [1.165, 1.54) is 0 Å². The Hall–Kier alpha value is -3.14. The fourth-order valence-corrected chi connectivity index (χ4v) is 6.39. The SMILES string of the molecule is Cc1nc(N[C@@H](CO)Cc2ccccc2)nc(N[C@H]2CC[C@@H](C(C)(C)O)C2)c1-c1nc2c(C)nccc2s1. The van der Waals surface area contributed by atoms with Gasteiger partial charge in [0.1, 0.15) is 16.3 Å². The fraction of sp³-hybridized carbons (Fsp3) is 0.448. The summed E-state index contributed by atoms with van der Waals surface area (Å²) in [7, 11) is 0. The molecule has 3 atom stereocenters. The second-order valence-corrected chi connectivity index (χ2v) is 11.9. The highest BCUT2D eigenvalue weighted by molar-refractivity contribution is 7.21. The van der Waals surface area contributed by atoms with Gasteiger partial charge in [0, 0.05) is 12.2 Å². The van der Waals surface area contributed by atoms with Crippen molar-refractivity contribution in [3.8, 4) is 10.6 Å². The number of nitrogens with zero attached hydrogens (tertiary/aromatic N) is 4. The van der Waals surface area contributed by atoms with Crippen molar-refractivity contribution < 1.29 is 10.2 Å². The number of fused-ring (bicyclic) bond motifs is 1. The zero-order chi connectivity index (χ0) is 26.9. The first-order valence-electron chi connectivity index (χ1n) is 13.2. The molecule has 1 saturated carbocycles. The van der Waals surface area contributed by atoms with Crippen LogP contribution >= 0.6 is 11.3 Å². The Bertz CT molecular complexity index is 1400. The molecule has 0 spiro atoms. The van der Waals surface area contributed by atoms with Crippen LogP contribution in [0.1, 0.15) is 50.1 Å². The smallest absolute Gasteiger partial charge is 0.225 e. The Balaban J connectivity index is 1.49. The Labute approximate surface area is 227 Å². The van der Waals surface area contributed by atoms with E-state index in [0.29, 0.717) is 12.4 Å². The lowest BCUT2D eigenvalue weighted by Crippen LogP contribution is -2.30. The minimum Gasteiger partial charge on any atom is -0.394 e. The summed E-state index contributed by atoms with van der Waals surface area (Å²) in [5.41, 5.74) is 3.90. The van der Waals surface area contributed by atoms with Gasteiger partial charge in [-0.1, -0.05) is 30.3 Å². The van der Waals surface area contributed by atoms with E-state index in [1.54, 1.807) is 11.3 Å². The van der Waals surface area contributed by atoms with Crippen LogP contribution < -0.4 is 10.6 Å². The third-order valence-corrected chi connectivity index (χ3v) is 8.48. The summed E-state index contributed by atoms with van der Waals surface area (Å²) in [6, 6.07) is 12.0. The van der Waals surface area contributed by atoms with E-state index in [4.69, 9.17) is 15.0 Å². The average molecular weight is 533 g/mol. The number of aryl methyl sites for hydroxylation is 2. The van der Waals surface area contributed by atoms with E-state index in [0.717, 1.165) is 62.8 Å². The molecule has 8 nitrogen and oxygen atoms in total. The molecule has 38 heavy (non-hydrogen) atoms. The second kappa shape index (κ2) is 10.9. The molecule has 3 aromatic heterocycles. The molecule has 0 amide bonds. The number of hydrogen-bond donors (Lipinski definition) is 4. The summed E-state index contributed by atoms with van der Waals surface area (Å²) in [4.78, 5) is 19.1. The Morgan fingerprint density at radius 2 is 1.84 bits per heavy atom. The first-order valence-corrected chi connectivity index (χ1v) is 14.0. The van der Waals surface area contributed by atoms with Gasteiger partial charge in [-0.15, -0.1) is 11.3 Å². The van der Waals surface area contributed by atoms with E-state index >= 15 is 0 Å². The number of aliphatic hydroxyl groups is 2. The largest absolute Gasteiger partial charge is 0.394 e. The third-order valence-electron chi connectivity index (χ3n) is 7.45. The minimum absolute atomic E-state index is 0.0398. The van der Waals surface area contributed by atoms with Gasteiger partial charge in [0.15, 0.2) is 0 Å². The van der Waals surface area contributed by atoms with Gasteiger partial charge >= 0.3 is 0 Å². The number of aliphatic hydroxyl groups excluding tert-OH is 1. The predicted molar refractivity (Wildman–Crippen MR) is 154 cm³/mol. The van der Waals surface area contributed by atoms with Crippen LogP contribution in [-0.4, -0.2) is 54.4 Å². The van der Waals surface area contributed by atoms with Crippen LogP contribution in [0.4, 0.5) is 11.8 Å². The molecule has 4 aromatic rings. The van der Waals surface area contributed by atoms with Crippen LogP contribution in [0.25, 0.3) is 20.8 Å². The number of nitrogens with one attached hydrogen (secondary N) is 2. The zero-order valence-electron chi connectivity index (χ0n) is 22.4. The lowest BCUT2D eigenvalue weighted by molar-refractivity contribution is 0.0197. The molecule has 0 unspecified atom stereocenters. The van der Waals surface area contributed by atoms with Crippen molar-refractivity contribution in [2.75, 3.05) is 17.2 Å². The van der Waals surface area contributed by atoms with E-state index < -0.39 is 5.60 Å². The number of thiazole rings is 1. The normalized spacial score (nSPS) is 18.6. The Morgan fingerprint density at radius 3 is 2.53 bits per heavy atom. The first-order chi connectivity index (χ1) is 18.2. The van der Waals surface area contributed by atoms with Crippen molar-refractivity contribution in [3.63, 3.8) is 0 Å². The summed E-state index contributed by atoms with van der Waals surface area (Å²) in [6.07, 6.45) is 5.25. The van der Waals surface area contributed by atoms with Crippen LogP contribution in [0.3, 0.4) is 0 Å². The van der Waals surface area contributed by atoms with Crippen molar-refractivity contribution >= 4 is 33.3 Å². The van der Waals surface area contributed by atoms with Crippen molar-refractivity contribution in [1.29, 1.82) is 0 Å². The number of rotatable bonds is 9. The van der Waals surface area contributed by atoms with Crippen molar-refractivity contribution in [2.45, 2.75) is 71.1 Å². The summed E-state index contributed by atoms with van der Waals surface area (Å²) < 4.78 is 1.08. The average Bonchev–Trinajstić information content (AvgIpc) is 3.52. The number of aromatic nitrogens is 4. The quantitative estimate of drug-likeness (QED) is 0.234. The maximum atomic E-state index is 10.6. The van der Waals surface area contributed by atoms with Gasteiger partial charge in [-0.05, 0) is 70.9 Å². The molecule has 0 saturated heterocycles. The topological polar surface area (TPSA) is 116 Å². The molecular formula is C29H36N6O2S. The molecular weight excluding hydrogens is 496 g/mol. The second-order valence-electron chi connectivity index (χ2n) is 10.8. The molecule has 0 radical (unpaired) electrons. The summed E-state index contributed by atoms with van der Waals surface area (Å²) in [6.45, 7) is 7.69. The number of benzene rings is 1. The van der Waals surface area contributed by atoms with Crippen LogP contribution in [0.5, 0.6) is 0 Å². The molecule has 1 aliphatic carbocycles. The molecule has 200 valence electrons. The summed E-state index contributed by atoms with van der Waals surface area (Å²) in [5, 5.41) is 28.5. The maximum Gasteiger partial charge on any atom is 0.225 e. The van der Waals surface area contributed by atoms with Crippen LogP contribution in [0.15, 0.2) is 42.6 Å². The van der Waals surface area contributed by atoms with Gasteiger partial charge in [0.2, 0.25) is 5.95 Å². The maximum absolute atomic E-state index is 10.6. The number of pyridine rings is 1.